The van der Waals surface area contributed by atoms with E-state index in [1.807, 2.05) is 20.8 Å². The fraction of sp³-hybridized carbons (Fsp3) is 0.389. The molecule has 0 fully saturated rings. The summed E-state index contributed by atoms with van der Waals surface area (Å²) >= 11 is 6.03. The monoisotopic (exact) mass is 393 g/mol. The van der Waals surface area contributed by atoms with Crippen LogP contribution >= 0.6 is 11.6 Å². The number of rotatable bonds is 5. The van der Waals surface area contributed by atoms with Crippen molar-refractivity contribution in [1.82, 2.24) is 20.6 Å². The van der Waals surface area contributed by atoms with Gasteiger partial charge in [-0.1, -0.05) is 32.4 Å². The normalized spacial score (nSPS) is 18.5. The minimum absolute atomic E-state index is 0.112. The van der Waals surface area contributed by atoms with E-state index in [9.17, 15) is 9.18 Å². The van der Waals surface area contributed by atoms with Crippen LogP contribution < -0.4 is 10.6 Å². The van der Waals surface area contributed by atoms with Crippen LogP contribution in [0.1, 0.15) is 38.9 Å². The zero-order valence-electron chi connectivity index (χ0n) is 15.2. The van der Waals surface area contributed by atoms with Crippen molar-refractivity contribution < 1.29 is 14.3 Å². The number of hydrogen-bond acceptors (Lipinski definition) is 5. The quantitative estimate of drug-likeness (QED) is 0.622. The number of nitrogens with zero attached hydrogens (tertiary/aromatic N) is 2. The zero-order valence-corrected chi connectivity index (χ0v) is 15.9. The fourth-order valence-corrected chi connectivity index (χ4v) is 3.02. The zero-order chi connectivity index (χ0) is 19.8. The van der Waals surface area contributed by atoms with Gasteiger partial charge < -0.3 is 20.7 Å². The van der Waals surface area contributed by atoms with Gasteiger partial charge in [0.05, 0.1) is 17.7 Å². The molecular weight excluding hydrogens is 373 g/mol. The lowest BCUT2D eigenvalue weighted by Crippen LogP contribution is -2.46. The molecule has 9 heteroatoms. The Hall–Kier alpha value is -2.61. The first kappa shape index (κ1) is 19.2. The Bertz CT molecular complexity index is 931. The number of nitrogens with one attached hydrogen (secondary N) is 3. The molecule has 7 nitrogen and oxygen atoms in total. The van der Waals surface area contributed by atoms with E-state index in [0.717, 1.165) is 17.2 Å². The molecule has 2 aromatic heterocycles. The van der Waals surface area contributed by atoms with E-state index in [1.54, 1.807) is 12.3 Å². The van der Waals surface area contributed by atoms with Crippen LogP contribution in [0.4, 0.5) is 4.39 Å². The highest BCUT2D eigenvalue weighted by Crippen LogP contribution is 2.29. The van der Waals surface area contributed by atoms with Gasteiger partial charge in [-0.3, -0.25) is 9.79 Å². The molecule has 3 heterocycles. The maximum absolute atomic E-state index is 14.3. The van der Waals surface area contributed by atoms with E-state index in [4.69, 9.17) is 16.7 Å². The van der Waals surface area contributed by atoms with E-state index in [-0.39, 0.29) is 12.2 Å². The molecule has 27 heavy (non-hydrogen) atoms. The summed E-state index contributed by atoms with van der Waals surface area (Å²) in [6.07, 6.45) is 3.69. The lowest BCUT2D eigenvalue weighted by atomic mass is 9.84. The van der Waals surface area contributed by atoms with E-state index in [0.29, 0.717) is 10.7 Å². The Labute approximate surface area is 160 Å². The second-order valence-corrected chi connectivity index (χ2v) is 7.94. The third kappa shape index (κ3) is 4.21. The van der Waals surface area contributed by atoms with Crippen molar-refractivity contribution in [2.45, 2.75) is 39.4 Å². The van der Waals surface area contributed by atoms with Crippen LogP contribution in [0, 0.1) is 5.41 Å². The molecule has 3 rings (SSSR count). The number of H-pyrrole nitrogens is 1. The van der Waals surface area contributed by atoms with Gasteiger partial charge in [-0.15, -0.1) is 0 Å². The van der Waals surface area contributed by atoms with Crippen molar-refractivity contribution in [2.75, 3.05) is 0 Å². The summed E-state index contributed by atoms with van der Waals surface area (Å²) in [7, 11) is 0. The van der Waals surface area contributed by atoms with E-state index in [2.05, 4.69) is 25.6 Å². The predicted octanol–water partition coefficient (Wildman–Crippen LogP) is 3.51. The van der Waals surface area contributed by atoms with Gasteiger partial charge in [0.25, 0.3) is 0 Å². The fourth-order valence-electron chi connectivity index (χ4n) is 2.86. The molecule has 1 aliphatic heterocycles. The topological polar surface area (TPSA) is 102 Å². The van der Waals surface area contributed by atoms with Crippen molar-refractivity contribution in [3.63, 3.8) is 0 Å². The lowest BCUT2D eigenvalue weighted by molar-refractivity contribution is -0.138. The molecule has 0 bridgehead atoms. The van der Waals surface area contributed by atoms with Crippen molar-refractivity contribution in [3.8, 4) is 0 Å². The van der Waals surface area contributed by atoms with Gasteiger partial charge in [-0.25, -0.2) is 9.37 Å². The second-order valence-electron chi connectivity index (χ2n) is 7.50. The van der Waals surface area contributed by atoms with Gasteiger partial charge in [-0.2, -0.15) is 0 Å². The Morgan fingerprint density at radius 2 is 2.22 bits per heavy atom. The molecule has 2 atom stereocenters. The predicted molar refractivity (Wildman–Crippen MR) is 102 cm³/mol. The third-order valence-electron chi connectivity index (χ3n) is 4.42. The average molecular weight is 394 g/mol. The molecule has 1 unspecified atom stereocenters. The molecule has 0 saturated heterocycles. The summed E-state index contributed by atoms with van der Waals surface area (Å²) < 4.78 is 14.3. The number of carbonyl (C=O) groups is 1. The van der Waals surface area contributed by atoms with Crippen LogP contribution in [0.2, 0.25) is 5.02 Å². The summed E-state index contributed by atoms with van der Waals surface area (Å²) in [5.74, 6) is -1.43. The van der Waals surface area contributed by atoms with Crippen LogP contribution in [-0.4, -0.2) is 33.3 Å². The third-order valence-corrected chi connectivity index (χ3v) is 4.63. The van der Waals surface area contributed by atoms with Gasteiger partial charge in [-0.05, 0) is 11.5 Å². The molecule has 144 valence electrons. The minimum atomic E-state index is -0.957. The molecular formula is C18H21ClFN5O2. The summed E-state index contributed by atoms with van der Waals surface area (Å²) in [6.45, 7) is 5.69. The number of aromatic amines is 1. The van der Waals surface area contributed by atoms with Crippen molar-refractivity contribution in [1.29, 1.82) is 0 Å². The first-order valence-electron chi connectivity index (χ1n) is 8.45. The van der Waals surface area contributed by atoms with Crippen LogP contribution in [-0.2, 0) is 4.79 Å². The number of carboxylic acid groups (broad SMARTS) is 1. The molecule has 0 saturated carbocycles. The summed E-state index contributed by atoms with van der Waals surface area (Å²) in [4.78, 5) is 22.6. The number of halogens is 2. The number of hydrogen-bond donors (Lipinski definition) is 4. The number of aromatic nitrogens is 2. The Morgan fingerprint density at radius 1 is 1.48 bits per heavy atom. The van der Waals surface area contributed by atoms with Gasteiger partial charge in [0, 0.05) is 29.4 Å². The number of aliphatic carboxylic acids is 1. The van der Waals surface area contributed by atoms with E-state index >= 15 is 0 Å². The van der Waals surface area contributed by atoms with Crippen molar-refractivity contribution in [2.24, 2.45) is 10.4 Å². The number of carboxylic acids is 1. The molecule has 1 aliphatic rings. The Kier molecular flexibility index (Phi) is 5.10. The van der Waals surface area contributed by atoms with Crippen LogP contribution in [0.25, 0.3) is 11.0 Å². The maximum atomic E-state index is 14.3. The molecule has 0 aliphatic carbocycles. The van der Waals surface area contributed by atoms with E-state index < -0.39 is 29.4 Å². The molecule has 2 aromatic rings. The highest BCUT2D eigenvalue weighted by molar-refractivity contribution is 6.31. The molecule has 0 spiro atoms. The van der Waals surface area contributed by atoms with Crippen molar-refractivity contribution in [3.05, 3.63) is 40.7 Å². The summed E-state index contributed by atoms with van der Waals surface area (Å²) in [5, 5.41) is 16.4. The van der Waals surface area contributed by atoms with Crippen LogP contribution in [0.5, 0.6) is 0 Å². The highest BCUT2D eigenvalue weighted by atomic mass is 35.5. The number of aliphatic imine (C=N–C) groups is 1. The smallest absolute Gasteiger partial charge is 0.305 e. The largest absolute Gasteiger partial charge is 0.481 e. The lowest BCUT2D eigenvalue weighted by Gasteiger charge is -2.34. The average Bonchev–Trinajstić information content (AvgIpc) is 2.98. The van der Waals surface area contributed by atoms with Gasteiger partial charge in [0.1, 0.15) is 17.6 Å². The second kappa shape index (κ2) is 7.19. The Balaban J connectivity index is 1.86. The standard InChI is InChI=1S/C18H21ClFN5O2/c1-18(2,3)13(5-14(26)27)24-17-12(20)8-23-16(25-17)11-7-22-15-10(11)4-9(19)6-21-15/h4,6-8,13,16,24-25H,5H2,1-3H3,(H,21,22)(H,26,27)/t13-,16?/m1/s1. The number of pyridine rings is 1. The minimum Gasteiger partial charge on any atom is -0.481 e. The molecule has 4 N–H and O–H groups in total. The summed E-state index contributed by atoms with van der Waals surface area (Å²) in [6, 6.07) is 1.28. The van der Waals surface area contributed by atoms with E-state index in [1.165, 1.54) is 6.20 Å². The molecule has 0 aromatic carbocycles. The van der Waals surface area contributed by atoms with Crippen molar-refractivity contribution >= 4 is 34.8 Å². The van der Waals surface area contributed by atoms with Crippen LogP contribution in [0.3, 0.4) is 0 Å². The van der Waals surface area contributed by atoms with Gasteiger partial charge in [0.2, 0.25) is 0 Å². The molecule has 0 radical (unpaired) electrons. The molecule has 0 amide bonds. The summed E-state index contributed by atoms with van der Waals surface area (Å²) in [5.41, 5.74) is 1.01. The maximum Gasteiger partial charge on any atom is 0.305 e. The van der Waals surface area contributed by atoms with Crippen LogP contribution in [0.15, 0.2) is 35.1 Å². The van der Waals surface area contributed by atoms with Gasteiger partial charge >= 0.3 is 5.97 Å². The SMILES string of the molecule is CC(C)(C)[C@@H](CC(=O)O)NC1=C(F)C=NC(c2c[nH]c3ncc(Cl)cc23)N1. The Morgan fingerprint density at radius 3 is 2.89 bits per heavy atom. The number of fused-ring (bicyclic) bond motifs is 1. The first-order valence-corrected chi connectivity index (χ1v) is 8.83. The van der Waals surface area contributed by atoms with Gasteiger partial charge in [0.15, 0.2) is 5.83 Å². The number of allylic oxidation sites excluding steroid dienone is 1. The first-order chi connectivity index (χ1) is 12.6. The highest BCUT2D eigenvalue weighted by Gasteiger charge is 2.30.